The van der Waals surface area contributed by atoms with E-state index in [1.54, 1.807) is 0 Å². The molecule has 2 aromatic carbocycles. The van der Waals surface area contributed by atoms with E-state index in [0.29, 0.717) is 0 Å². The summed E-state index contributed by atoms with van der Waals surface area (Å²) in [6.07, 6.45) is 4.63. The summed E-state index contributed by atoms with van der Waals surface area (Å²) < 4.78 is 0. The fraction of sp³-hybridized carbons (Fsp3) is 0.278. The zero-order valence-corrected chi connectivity index (χ0v) is 12.5. The van der Waals surface area contributed by atoms with E-state index in [2.05, 4.69) is 29.6 Å². The number of unbranched alkanes of at least 4 members (excludes halogenated alkanes) is 1. The molecule has 4 nitrogen and oxygen atoms in total. The van der Waals surface area contributed by atoms with Crippen molar-refractivity contribution in [1.29, 1.82) is 0 Å². The van der Waals surface area contributed by atoms with Gasteiger partial charge in [-0.05, 0) is 42.4 Å². The Morgan fingerprint density at radius 2 is 1.36 bits per heavy atom. The lowest BCUT2D eigenvalue weighted by molar-refractivity contribution is -0.120. The predicted molar refractivity (Wildman–Crippen MR) is 87.2 cm³/mol. The molecule has 0 aromatic heterocycles. The van der Waals surface area contributed by atoms with Crippen LogP contribution in [0.1, 0.15) is 29.5 Å². The lowest BCUT2D eigenvalue weighted by Crippen LogP contribution is -2.18. The number of nitrogens with one attached hydrogen (secondary N) is 1. The van der Waals surface area contributed by atoms with E-state index in [9.17, 15) is 9.70 Å². The van der Waals surface area contributed by atoms with Crippen molar-refractivity contribution >= 4 is 5.91 Å². The Labute approximate surface area is 130 Å². The minimum absolute atomic E-state index is 0.181. The van der Waals surface area contributed by atoms with Crippen LogP contribution in [0.15, 0.2) is 59.9 Å². The van der Waals surface area contributed by atoms with Crippen molar-refractivity contribution in [2.75, 3.05) is 0 Å². The standard InChI is InChI=1S/C18H20N2O2/c21-18(19-20-22)14-17-12-10-16(11-13-17)9-5-4-8-15-6-2-1-3-7-15/h1-3,6-7,10-13H,4-5,8-9,14H2,(H,19,21,22). The van der Waals surface area contributed by atoms with Crippen LogP contribution in [-0.2, 0) is 24.1 Å². The van der Waals surface area contributed by atoms with Gasteiger partial charge in [0.2, 0.25) is 5.91 Å². The van der Waals surface area contributed by atoms with Crippen LogP contribution in [0.5, 0.6) is 0 Å². The molecule has 0 heterocycles. The SMILES string of the molecule is O=NNC(=O)Cc1ccc(CCCCc2ccccc2)cc1. The van der Waals surface area contributed by atoms with Crippen LogP contribution in [0.2, 0.25) is 0 Å². The summed E-state index contributed by atoms with van der Waals surface area (Å²) >= 11 is 0. The summed E-state index contributed by atoms with van der Waals surface area (Å²) in [5, 5.41) is 2.37. The van der Waals surface area contributed by atoms with Crippen LogP contribution in [0.4, 0.5) is 0 Å². The number of nitrogens with zero attached hydrogens (tertiary/aromatic N) is 1. The molecule has 0 aliphatic rings. The van der Waals surface area contributed by atoms with Gasteiger partial charge in [0.05, 0.1) is 11.7 Å². The van der Waals surface area contributed by atoms with Crippen molar-refractivity contribution in [3.05, 3.63) is 76.2 Å². The normalized spacial score (nSPS) is 10.2. The van der Waals surface area contributed by atoms with Crippen LogP contribution in [-0.4, -0.2) is 5.91 Å². The molecule has 22 heavy (non-hydrogen) atoms. The Balaban J connectivity index is 1.72. The molecular formula is C18H20N2O2. The Kier molecular flexibility index (Phi) is 6.30. The number of carbonyl (C=O) groups is 1. The molecule has 114 valence electrons. The molecule has 0 atom stereocenters. The molecule has 0 saturated heterocycles. The Morgan fingerprint density at radius 3 is 1.95 bits per heavy atom. The third-order valence-corrected chi connectivity index (χ3v) is 3.58. The smallest absolute Gasteiger partial charge is 0.247 e. The number of amides is 1. The fourth-order valence-corrected chi connectivity index (χ4v) is 2.40. The van der Waals surface area contributed by atoms with Gasteiger partial charge in [0.1, 0.15) is 0 Å². The van der Waals surface area contributed by atoms with E-state index in [1.165, 1.54) is 17.5 Å². The van der Waals surface area contributed by atoms with E-state index >= 15 is 0 Å². The van der Waals surface area contributed by atoms with Crippen LogP contribution < -0.4 is 5.43 Å². The number of aryl methyl sites for hydroxylation is 2. The van der Waals surface area contributed by atoms with Gasteiger partial charge in [-0.1, -0.05) is 54.6 Å². The summed E-state index contributed by atoms with van der Waals surface area (Å²) in [6.45, 7) is 0. The van der Waals surface area contributed by atoms with Gasteiger partial charge in [-0.25, -0.2) is 5.43 Å². The van der Waals surface area contributed by atoms with E-state index in [1.807, 2.05) is 35.8 Å². The summed E-state index contributed by atoms with van der Waals surface area (Å²) in [5.74, 6) is -0.384. The average molecular weight is 296 g/mol. The number of carbonyl (C=O) groups excluding carboxylic acids is 1. The Bertz CT molecular complexity index is 594. The maximum atomic E-state index is 11.2. The molecule has 1 amide bonds. The first-order valence-corrected chi connectivity index (χ1v) is 7.51. The lowest BCUT2D eigenvalue weighted by Gasteiger charge is -2.04. The van der Waals surface area contributed by atoms with Crippen LogP contribution in [0.3, 0.4) is 0 Å². The predicted octanol–water partition coefficient (Wildman–Crippen LogP) is 3.59. The van der Waals surface area contributed by atoms with Gasteiger partial charge in [-0.15, -0.1) is 4.91 Å². The molecular weight excluding hydrogens is 276 g/mol. The van der Waals surface area contributed by atoms with Gasteiger partial charge in [0, 0.05) is 0 Å². The van der Waals surface area contributed by atoms with Crippen LogP contribution in [0, 0.1) is 4.91 Å². The minimum Gasteiger partial charge on any atom is -0.273 e. The third-order valence-electron chi connectivity index (χ3n) is 3.58. The van der Waals surface area contributed by atoms with Gasteiger partial charge in [0.15, 0.2) is 0 Å². The van der Waals surface area contributed by atoms with Crippen molar-refractivity contribution in [2.24, 2.45) is 5.29 Å². The molecule has 0 saturated carbocycles. The number of rotatable bonds is 8. The minimum atomic E-state index is -0.384. The maximum Gasteiger partial charge on any atom is 0.247 e. The second-order valence-electron chi connectivity index (χ2n) is 5.31. The van der Waals surface area contributed by atoms with Gasteiger partial charge >= 0.3 is 0 Å². The molecule has 0 unspecified atom stereocenters. The second-order valence-corrected chi connectivity index (χ2v) is 5.31. The van der Waals surface area contributed by atoms with Crippen LogP contribution >= 0.6 is 0 Å². The monoisotopic (exact) mass is 296 g/mol. The van der Waals surface area contributed by atoms with E-state index in [4.69, 9.17) is 0 Å². The summed E-state index contributed by atoms with van der Waals surface area (Å²) in [4.78, 5) is 21.2. The first kappa shape index (κ1) is 15.9. The highest BCUT2D eigenvalue weighted by atomic mass is 16.3. The quantitative estimate of drug-likeness (QED) is 0.460. The number of hydrogen-bond donors (Lipinski definition) is 1. The molecule has 2 aromatic rings. The van der Waals surface area contributed by atoms with Gasteiger partial charge in [-0.3, -0.25) is 4.79 Å². The Hall–Kier alpha value is -2.49. The molecule has 0 fully saturated rings. The summed E-state index contributed by atoms with van der Waals surface area (Å²) in [5.41, 5.74) is 5.43. The number of nitroso groups, excluding NO2 is 1. The van der Waals surface area contributed by atoms with Crippen molar-refractivity contribution in [3.8, 4) is 0 Å². The molecule has 0 aliphatic carbocycles. The van der Waals surface area contributed by atoms with E-state index in [-0.39, 0.29) is 12.3 Å². The van der Waals surface area contributed by atoms with Gasteiger partial charge < -0.3 is 0 Å². The number of benzene rings is 2. The van der Waals surface area contributed by atoms with Crippen molar-refractivity contribution in [3.63, 3.8) is 0 Å². The van der Waals surface area contributed by atoms with Crippen LogP contribution in [0.25, 0.3) is 0 Å². The van der Waals surface area contributed by atoms with Gasteiger partial charge in [-0.2, -0.15) is 0 Å². The largest absolute Gasteiger partial charge is 0.273 e. The highest BCUT2D eigenvalue weighted by molar-refractivity contribution is 5.78. The van der Waals surface area contributed by atoms with E-state index < -0.39 is 0 Å². The summed E-state index contributed by atoms with van der Waals surface area (Å²) in [7, 11) is 0. The molecule has 1 N–H and O–H groups in total. The molecule has 0 spiro atoms. The summed E-state index contributed by atoms with van der Waals surface area (Å²) in [6, 6.07) is 18.4. The molecule has 2 rings (SSSR count). The van der Waals surface area contributed by atoms with Crippen molar-refractivity contribution < 1.29 is 4.79 Å². The Morgan fingerprint density at radius 1 is 0.818 bits per heavy atom. The highest BCUT2D eigenvalue weighted by Crippen LogP contribution is 2.11. The van der Waals surface area contributed by atoms with Gasteiger partial charge in [0.25, 0.3) is 0 Å². The molecule has 4 heteroatoms. The van der Waals surface area contributed by atoms with Crippen molar-refractivity contribution in [1.82, 2.24) is 5.43 Å². The first-order chi connectivity index (χ1) is 10.8. The highest BCUT2D eigenvalue weighted by Gasteiger charge is 2.03. The molecule has 0 radical (unpaired) electrons. The average Bonchev–Trinajstić information content (AvgIpc) is 2.54. The fourth-order valence-electron chi connectivity index (χ4n) is 2.40. The molecule has 0 bridgehead atoms. The topological polar surface area (TPSA) is 58.5 Å². The third kappa shape index (κ3) is 5.48. The zero-order valence-electron chi connectivity index (χ0n) is 12.5. The second kappa shape index (κ2) is 8.72. The maximum absolute atomic E-state index is 11.2. The lowest BCUT2D eigenvalue weighted by atomic mass is 10.0. The first-order valence-electron chi connectivity index (χ1n) is 7.51. The number of hydrogen-bond acceptors (Lipinski definition) is 3. The van der Waals surface area contributed by atoms with Crippen molar-refractivity contribution in [2.45, 2.75) is 32.1 Å². The van der Waals surface area contributed by atoms with E-state index in [0.717, 1.165) is 24.8 Å². The molecule has 0 aliphatic heterocycles. The zero-order chi connectivity index (χ0) is 15.6.